The molecule has 0 aliphatic heterocycles. The SMILES string of the molecule is Cc1cc(=O)n2cc(-c3ccc(Cl)cc3)nc2n1Cc1ccc(-c2ncccn2)cc1. The lowest BCUT2D eigenvalue weighted by Gasteiger charge is -2.12. The van der Waals surface area contributed by atoms with Crippen LogP contribution in [0.4, 0.5) is 0 Å². The fourth-order valence-corrected chi connectivity index (χ4v) is 3.68. The van der Waals surface area contributed by atoms with E-state index in [1.54, 1.807) is 35.1 Å². The highest BCUT2D eigenvalue weighted by atomic mass is 35.5. The third-order valence-corrected chi connectivity index (χ3v) is 5.43. The van der Waals surface area contributed by atoms with Crippen molar-refractivity contribution in [2.75, 3.05) is 0 Å². The van der Waals surface area contributed by atoms with Crippen LogP contribution in [-0.4, -0.2) is 23.9 Å². The molecule has 0 N–H and O–H groups in total. The second-order valence-corrected chi connectivity index (χ2v) is 7.72. The first-order valence-corrected chi connectivity index (χ1v) is 10.2. The first-order valence-electron chi connectivity index (χ1n) is 9.80. The zero-order chi connectivity index (χ0) is 21.4. The van der Waals surface area contributed by atoms with Crippen LogP contribution < -0.4 is 5.56 Å². The third kappa shape index (κ3) is 3.73. The highest BCUT2D eigenvalue weighted by Crippen LogP contribution is 2.22. The summed E-state index contributed by atoms with van der Waals surface area (Å²) in [5.41, 5.74) is 4.42. The number of aromatic nitrogens is 5. The number of halogens is 1. The Hall–Kier alpha value is -3.77. The molecule has 7 heteroatoms. The number of rotatable bonds is 4. The van der Waals surface area contributed by atoms with Crippen LogP contribution in [0.15, 0.2) is 84.0 Å². The molecule has 3 aromatic heterocycles. The highest BCUT2D eigenvalue weighted by molar-refractivity contribution is 6.30. The molecule has 0 fully saturated rings. The van der Waals surface area contributed by atoms with Gasteiger partial charge in [-0.3, -0.25) is 9.20 Å². The molecule has 3 heterocycles. The second kappa shape index (κ2) is 7.81. The fraction of sp³-hybridized carbons (Fsp3) is 0.0833. The molecule has 6 nitrogen and oxygen atoms in total. The van der Waals surface area contributed by atoms with Crippen LogP contribution in [0.25, 0.3) is 28.4 Å². The summed E-state index contributed by atoms with van der Waals surface area (Å²) in [4.78, 5) is 25.9. The van der Waals surface area contributed by atoms with Gasteiger partial charge in [-0.15, -0.1) is 0 Å². The fourth-order valence-electron chi connectivity index (χ4n) is 3.55. The summed E-state index contributed by atoms with van der Waals surface area (Å²) in [5.74, 6) is 1.29. The van der Waals surface area contributed by atoms with Crippen LogP contribution in [0.3, 0.4) is 0 Å². The molecule has 5 aromatic rings. The normalized spacial score (nSPS) is 11.2. The molecule has 0 aliphatic rings. The number of hydrogen-bond acceptors (Lipinski definition) is 4. The number of aryl methyl sites for hydroxylation is 1. The molecular weight excluding hydrogens is 410 g/mol. The summed E-state index contributed by atoms with van der Waals surface area (Å²) in [6.45, 7) is 2.51. The third-order valence-electron chi connectivity index (χ3n) is 5.18. The Labute approximate surface area is 183 Å². The number of hydrogen-bond donors (Lipinski definition) is 0. The van der Waals surface area contributed by atoms with Gasteiger partial charge < -0.3 is 4.57 Å². The maximum atomic E-state index is 12.6. The largest absolute Gasteiger partial charge is 0.311 e. The summed E-state index contributed by atoms with van der Waals surface area (Å²) >= 11 is 6.00. The van der Waals surface area contributed by atoms with Gasteiger partial charge in [0.1, 0.15) is 0 Å². The lowest BCUT2D eigenvalue weighted by atomic mass is 10.1. The molecular formula is C24H18ClN5O. The van der Waals surface area contributed by atoms with Crippen molar-refractivity contribution < 1.29 is 0 Å². The standard InChI is InChI=1S/C24H18ClN5O/c1-16-13-22(31)30-15-21(18-7-9-20(25)10-8-18)28-24(30)29(16)14-17-3-5-19(6-4-17)23-26-11-2-12-27-23/h2-13,15H,14H2,1H3. The molecule has 0 spiro atoms. The van der Waals surface area contributed by atoms with E-state index in [1.807, 2.05) is 60.0 Å². The van der Waals surface area contributed by atoms with Crippen molar-refractivity contribution in [2.24, 2.45) is 0 Å². The zero-order valence-corrected chi connectivity index (χ0v) is 17.5. The Balaban J connectivity index is 1.53. The molecule has 0 saturated heterocycles. The Kier molecular flexibility index (Phi) is 4.84. The predicted octanol–water partition coefficient (Wildman–Crippen LogP) is 4.63. The molecule has 0 saturated carbocycles. The molecule has 0 radical (unpaired) electrons. The van der Waals surface area contributed by atoms with Crippen LogP contribution in [0.2, 0.25) is 5.02 Å². The van der Waals surface area contributed by atoms with Gasteiger partial charge in [-0.1, -0.05) is 48.0 Å². The minimum atomic E-state index is -0.104. The number of nitrogens with zero attached hydrogens (tertiary/aromatic N) is 5. The van der Waals surface area contributed by atoms with Crippen molar-refractivity contribution in [3.8, 4) is 22.6 Å². The molecule has 0 unspecified atom stereocenters. The molecule has 0 bridgehead atoms. The van der Waals surface area contributed by atoms with Gasteiger partial charge in [-0.2, -0.15) is 0 Å². The molecule has 5 rings (SSSR count). The Morgan fingerprint density at radius 3 is 2.32 bits per heavy atom. The number of imidazole rings is 1. The van der Waals surface area contributed by atoms with Crippen LogP contribution in [0.5, 0.6) is 0 Å². The van der Waals surface area contributed by atoms with Crippen LogP contribution in [0, 0.1) is 6.92 Å². The van der Waals surface area contributed by atoms with Crippen molar-refractivity contribution in [3.05, 3.63) is 106 Å². The predicted molar refractivity (Wildman–Crippen MR) is 121 cm³/mol. The van der Waals surface area contributed by atoms with Crippen LogP contribution >= 0.6 is 11.6 Å². The van der Waals surface area contributed by atoms with E-state index >= 15 is 0 Å². The van der Waals surface area contributed by atoms with Crippen LogP contribution in [0.1, 0.15) is 11.3 Å². The average Bonchev–Trinajstić information content (AvgIpc) is 3.24. The van der Waals surface area contributed by atoms with Gasteiger partial charge >= 0.3 is 0 Å². The van der Waals surface area contributed by atoms with Crippen molar-refractivity contribution in [3.63, 3.8) is 0 Å². The first-order chi connectivity index (χ1) is 15.1. The van der Waals surface area contributed by atoms with E-state index in [9.17, 15) is 4.79 Å². The van der Waals surface area contributed by atoms with Gasteiger partial charge in [-0.25, -0.2) is 15.0 Å². The van der Waals surface area contributed by atoms with Crippen molar-refractivity contribution >= 4 is 17.4 Å². The molecule has 152 valence electrons. The summed E-state index contributed by atoms with van der Waals surface area (Å²) in [7, 11) is 0. The lowest BCUT2D eigenvalue weighted by molar-refractivity contribution is 0.749. The van der Waals surface area contributed by atoms with E-state index in [1.165, 1.54) is 0 Å². The Bertz CT molecular complexity index is 1420. The summed E-state index contributed by atoms with van der Waals surface area (Å²) in [6.07, 6.45) is 5.23. The van der Waals surface area contributed by atoms with Gasteiger partial charge in [0, 0.05) is 46.5 Å². The molecule has 31 heavy (non-hydrogen) atoms. The smallest absolute Gasteiger partial charge is 0.259 e. The average molecular weight is 428 g/mol. The van der Waals surface area contributed by atoms with E-state index in [4.69, 9.17) is 16.6 Å². The quantitative estimate of drug-likeness (QED) is 0.419. The topological polar surface area (TPSA) is 65.1 Å². The van der Waals surface area contributed by atoms with Crippen LogP contribution in [-0.2, 0) is 6.54 Å². The summed E-state index contributed by atoms with van der Waals surface area (Å²) < 4.78 is 3.62. The van der Waals surface area contributed by atoms with E-state index in [0.29, 0.717) is 23.2 Å². The Morgan fingerprint density at radius 2 is 1.61 bits per heavy atom. The lowest BCUT2D eigenvalue weighted by Crippen LogP contribution is -2.19. The molecule has 0 aliphatic carbocycles. The molecule has 0 atom stereocenters. The Morgan fingerprint density at radius 1 is 0.935 bits per heavy atom. The van der Waals surface area contributed by atoms with E-state index in [0.717, 1.165) is 28.1 Å². The van der Waals surface area contributed by atoms with E-state index in [-0.39, 0.29) is 5.56 Å². The van der Waals surface area contributed by atoms with Gasteiger partial charge in [0.05, 0.1) is 12.2 Å². The minimum absolute atomic E-state index is 0.104. The summed E-state index contributed by atoms with van der Waals surface area (Å²) in [6, 6.07) is 19.0. The van der Waals surface area contributed by atoms with Gasteiger partial charge in [0.25, 0.3) is 5.56 Å². The van der Waals surface area contributed by atoms with E-state index < -0.39 is 0 Å². The monoisotopic (exact) mass is 427 g/mol. The second-order valence-electron chi connectivity index (χ2n) is 7.28. The number of fused-ring (bicyclic) bond motifs is 1. The molecule has 0 amide bonds. The maximum absolute atomic E-state index is 12.6. The first kappa shape index (κ1) is 19.2. The highest BCUT2D eigenvalue weighted by Gasteiger charge is 2.12. The van der Waals surface area contributed by atoms with Crippen molar-refractivity contribution in [2.45, 2.75) is 13.5 Å². The zero-order valence-electron chi connectivity index (χ0n) is 16.7. The van der Waals surface area contributed by atoms with Crippen molar-refractivity contribution in [1.29, 1.82) is 0 Å². The van der Waals surface area contributed by atoms with Crippen molar-refractivity contribution in [1.82, 2.24) is 23.9 Å². The maximum Gasteiger partial charge on any atom is 0.259 e. The molecule has 2 aromatic carbocycles. The minimum Gasteiger partial charge on any atom is -0.311 e. The number of benzene rings is 2. The summed E-state index contributed by atoms with van der Waals surface area (Å²) in [5, 5.41) is 0.660. The van der Waals surface area contributed by atoms with Gasteiger partial charge in [0.15, 0.2) is 5.82 Å². The van der Waals surface area contributed by atoms with Gasteiger partial charge in [0.2, 0.25) is 5.78 Å². The van der Waals surface area contributed by atoms with Gasteiger partial charge in [-0.05, 0) is 30.7 Å². The van der Waals surface area contributed by atoms with E-state index in [2.05, 4.69) is 9.97 Å².